The minimum atomic E-state index is -0.582. The van der Waals surface area contributed by atoms with E-state index in [0.717, 1.165) is 11.1 Å². The van der Waals surface area contributed by atoms with Crippen molar-refractivity contribution in [3.63, 3.8) is 0 Å². The third kappa shape index (κ3) is 4.72. The van der Waals surface area contributed by atoms with Gasteiger partial charge in [0.15, 0.2) is 0 Å². The molecule has 0 saturated heterocycles. The fourth-order valence-electron chi connectivity index (χ4n) is 2.27. The van der Waals surface area contributed by atoms with E-state index in [-0.39, 0.29) is 5.91 Å². The van der Waals surface area contributed by atoms with Crippen molar-refractivity contribution in [1.29, 1.82) is 0 Å². The van der Waals surface area contributed by atoms with Gasteiger partial charge in [-0.3, -0.25) is 4.79 Å². The van der Waals surface area contributed by atoms with E-state index in [2.05, 4.69) is 5.32 Å². The van der Waals surface area contributed by atoms with E-state index in [1.165, 1.54) is 0 Å². The summed E-state index contributed by atoms with van der Waals surface area (Å²) >= 11 is 0. The van der Waals surface area contributed by atoms with Crippen LogP contribution in [0.3, 0.4) is 0 Å². The molecule has 0 radical (unpaired) electrons. The minimum absolute atomic E-state index is 0.188. The lowest BCUT2D eigenvalue weighted by atomic mass is 10.1. The number of nitrogens with one attached hydrogen (secondary N) is 1. The molecule has 0 unspecified atom stereocenters. The molecule has 2 aromatic rings. The van der Waals surface area contributed by atoms with Crippen molar-refractivity contribution >= 4 is 5.91 Å². The molecular formula is C18H22N2O3. The van der Waals surface area contributed by atoms with Crippen LogP contribution in [-0.4, -0.2) is 26.2 Å². The lowest BCUT2D eigenvalue weighted by Gasteiger charge is -2.14. The fraction of sp³-hybridized carbons (Fsp3) is 0.278. The van der Waals surface area contributed by atoms with Crippen LogP contribution in [-0.2, 0) is 17.8 Å². The molecule has 0 aliphatic rings. The maximum absolute atomic E-state index is 12.1. The highest BCUT2D eigenvalue weighted by Crippen LogP contribution is 2.24. The molecule has 0 heterocycles. The van der Waals surface area contributed by atoms with Crippen LogP contribution in [0.2, 0.25) is 0 Å². The number of carbonyl (C=O) groups is 1. The highest BCUT2D eigenvalue weighted by Gasteiger charge is 2.14. The van der Waals surface area contributed by atoms with Crippen molar-refractivity contribution in [2.45, 2.75) is 19.0 Å². The molecule has 0 aromatic heterocycles. The maximum Gasteiger partial charge on any atom is 0.237 e. The molecule has 2 aromatic carbocycles. The predicted octanol–water partition coefficient (Wildman–Crippen LogP) is 1.89. The molecule has 1 atom stereocenters. The summed E-state index contributed by atoms with van der Waals surface area (Å²) < 4.78 is 10.5. The van der Waals surface area contributed by atoms with Gasteiger partial charge in [0.05, 0.1) is 20.3 Å². The van der Waals surface area contributed by atoms with Crippen LogP contribution >= 0.6 is 0 Å². The van der Waals surface area contributed by atoms with Gasteiger partial charge in [-0.25, -0.2) is 0 Å². The Labute approximate surface area is 136 Å². The maximum atomic E-state index is 12.1. The Bertz CT molecular complexity index is 644. The molecule has 0 bridgehead atoms. The Morgan fingerprint density at radius 2 is 1.87 bits per heavy atom. The fourth-order valence-corrected chi connectivity index (χ4v) is 2.27. The van der Waals surface area contributed by atoms with E-state index in [0.29, 0.717) is 24.5 Å². The predicted molar refractivity (Wildman–Crippen MR) is 89.5 cm³/mol. The topological polar surface area (TPSA) is 73.6 Å². The van der Waals surface area contributed by atoms with Crippen LogP contribution in [0.5, 0.6) is 11.5 Å². The number of ether oxygens (including phenoxy) is 2. The summed E-state index contributed by atoms with van der Waals surface area (Å²) in [5.74, 6) is 1.19. The minimum Gasteiger partial charge on any atom is -0.497 e. The van der Waals surface area contributed by atoms with Gasteiger partial charge in [-0.2, -0.15) is 0 Å². The number of hydrogen-bond donors (Lipinski definition) is 2. The summed E-state index contributed by atoms with van der Waals surface area (Å²) in [4.78, 5) is 12.1. The van der Waals surface area contributed by atoms with Crippen LogP contribution in [0.25, 0.3) is 0 Å². The molecule has 2 rings (SSSR count). The average molecular weight is 314 g/mol. The molecule has 0 saturated carbocycles. The first kappa shape index (κ1) is 16.8. The quantitative estimate of drug-likeness (QED) is 0.818. The van der Waals surface area contributed by atoms with E-state index < -0.39 is 6.04 Å². The Balaban J connectivity index is 1.93. The van der Waals surface area contributed by atoms with Gasteiger partial charge in [-0.1, -0.05) is 30.3 Å². The zero-order valence-electron chi connectivity index (χ0n) is 13.4. The van der Waals surface area contributed by atoms with Crippen molar-refractivity contribution in [2.75, 3.05) is 14.2 Å². The molecule has 0 aliphatic carbocycles. The van der Waals surface area contributed by atoms with Crippen LogP contribution in [0.4, 0.5) is 0 Å². The number of hydrogen-bond acceptors (Lipinski definition) is 4. The zero-order valence-corrected chi connectivity index (χ0v) is 13.4. The Morgan fingerprint density at radius 3 is 2.52 bits per heavy atom. The average Bonchev–Trinajstić information content (AvgIpc) is 2.60. The lowest BCUT2D eigenvalue weighted by molar-refractivity contribution is -0.122. The number of amides is 1. The standard InChI is InChI=1S/C18H22N2O3/c1-22-15-9-8-14(17(11-15)23-2)12-20-18(21)16(19)10-13-6-4-3-5-7-13/h3-9,11,16H,10,12,19H2,1-2H3,(H,20,21)/t16-/m0/s1. The van der Waals surface area contributed by atoms with Crippen LogP contribution in [0.15, 0.2) is 48.5 Å². The van der Waals surface area contributed by atoms with Gasteiger partial charge in [-0.05, 0) is 24.1 Å². The summed E-state index contributed by atoms with van der Waals surface area (Å²) in [6.45, 7) is 0.356. The van der Waals surface area contributed by atoms with Gasteiger partial charge >= 0.3 is 0 Å². The van der Waals surface area contributed by atoms with E-state index in [4.69, 9.17) is 15.2 Å². The zero-order chi connectivity index (χ0) is 16.7. The van der Waals surface area contributed by atoms with Crippen molar-refractivity contribution in [3.05, 3.63) is 59.7 Å². The number of rotatable bonds is 7. The molecule has 0 spiro atoms. The molecule has 5 nitrogen and oxygen atoms in total. The van der Waals surface area contributed by atoms with Crippen molar-refractivity contribution in [1.82, 2.24) is 5.32 Å². The molecule has 0 fully saturated rings. The second kappa shape index (κ2) is 8.19. The molecule has 1 amide bonds. The number of nitrogens with two attached hydrogens (primary N) is 1. The van der Waals surface area contributed by atoms with E-state index in [1.807, 2.05) is 42.5 Å². The smallest absolute Gasteiger partial charge is 0.237 e. The first-order valence-electron chi connectivity index (χ1n) is 7.42. The van der Waals surface area contributed by atoms with Crippen molar-refractivity contribution in [3.8, 4) is 11.5 Å². The Kier molecular flexibility index (Phi) is 6.00. The van der Waals surface area contributed by atoms with Gasteiger partial charge < -0.3 is 20.5 Å². The number of methoxy groups -OCH3 is 2. The summed E-state index contributed by atoms with van der Waals surface area (Å²) in [6, 6.07) is 14.6. The van der Waals surface area contributed by atoms with Crippen molar-refractivity contribution in [2.24, 2.45) is 5.73 Å². The van der Waals surface area contributed by atoms with Crippen LogP contribution in [0, 0.1) is 0 Å². The number of benzene rings is 2. The molecule has 0 aliphatic heterocycles. The summed E-state index contributed by atoms with van der Waals surface area (Å²) in [5, 5.41) is 2.85. The van der Waals surface area contributed by atoms with Gasteiger partial charge in [0.2, 0.25) is 5.91 Å². The highest BCUT2D eigenvalue weighted by atomic mass is 16.5. The van der Waals surface area contributed by atoms with Gasteiger partial charge in [0.1, 0.15) is 11.5 Å². The third-order valence-electron chi connectivity index (χ3n) is 3.58. The monoisotopic (exact) mass is 314 g/mol. The van der Waals surface area contributed by atoms with E-state index >= 15 is 0 Å². The molecule has 5 heteroatoms. The van der Waals surface area contributed by atoms with Crippen LogP contribution in [0.1, 0.15) is 11.1 Å². The largest absolute Gasteiger partial charge is 0.497 e. The van der Waals surface area contributed by atoms with Gasteiger partial charge in [0.25, 0.3) is 0 Å². The summed E-state index contributed by atoms with van der Waals surface area (Å²) in [5.41, 5.74) is 7.87. The third-order valence-corrected chi connectivity index (χ3v) is 3.58. The summed E-state index contributed by atoms with van der Waals surface area (Å²) in [7, 11) is 3.18. The molecule has 122 valence electrons. The molecule has 3 N–H and O–H groups in total. The first-order valence-corrected chi connectivity index (χ1v) is 7.42. The highest BCUT2D eigenvalue weighted by molar-refractivity contribution is 5.81. The second-order valence-electron chi connectivity index (χ2n) is 5.19. The van der Waals surface area contributed by atoms with Crippen LogP contribution < -0.4 is 20.5 Å². The second-order valence-corrected chi connectivity index (χ2v) is 5.19. The van der Waals surface area contributed by atoms with E-state index in [1.54, 1.807) is 20.3 Å². The van der Waals surface area contributed by atoms with Gasteiger partial charge in [-0.15, -0.1) is 0 Å². The van der Waals surface area contributed by atoms with Gasteiger partial charge in [0, 0.05) is 18.2 Å². The normalized spacial score (nSPS) is 11.6. The van der Waals surface area contributed by atoms with E-state index in [9.17, 15) is 4.79 Å². The Morgan fingerprint density at radius 1 is 1.13 bits per heavy atom. The number of carbonyl (C=O) groups excluding carboxylic acids is 1. The molecule has 23 heavy (non-hydrogen) atoms. The lowest BCUT2D eigenvalue weighted by Crippen LogP contribution is -2.41. The Hall–Kier alpha value is -2.53. The summed E-state index contributed by atoms with van der Waals surface area (Å²) in [6.07, 6.45) is 0.506. The van der Waals surface area contributed by atoms with Crippen molar-refractivity contribution < 1.29 is 14.3 Å². The SMILES string of the molecule is COc1ccc(CNC(=O)[C@@H](N)Cc2ccccc2)c(OC)c1. The first-order chi connectivity index (χ1) is 11.1. The molecular weight excluding hydrogens is 292 g/mol.